The van der Waals surface area contributed by atoms with Gasteiger partial charge in [-0.25, -0.2) is 9.18 Å². The highest BCUT2D eigenvalue weighted by Crippen LogP contribution is 2.31. The minimum atomic E-state index is -0.595. The van der Waals surface area contributed by atoms with Gasteiger partial charge in [-0.1, -0.05) is 36.9 Å². The predicted molar refractivity (Wildman–Crippen MR) is 111 cm³/mol. The van der Waals surface area contributed by atoms with Gasteiger partial charge < -0.3 is 14.5 Å². The molecular weight excluding hydrogens is 395 g/mol. The standard InChI is InChI=1S/C22H30ClFN2O3/c1-22(2,3)29-21(28)25-13-12-16(14-25)26(15-8-5-4-6-9-15)20(27)17-10-7-11-18(24)19(17)23/h7,10-11,15-16H,4-6,8-9,12-14H2,1-3H3. The molecule has 1 aromatic carbocycles. The zero-order chi connectivity index (χ0) is 21.2. The summed E-state index contributed by atoms with van der Waals surface area (Å²) < 4.78 is 19.5. The van der Waals surface area contributed by atoms with E-state index in [2.05, 4.69) is 0 Å². The number of benzene rings is 1. The third kappa shape index (κ3) is 5.21. The Balaban J connectivity index is 1.82. The molecule has 3 rings (SSSR count). The maximum atomic E-state index is 14.0. The summed E-state index contributed by atoms with van der Waals surface area (Å²) in [6, 6.07) is 4.29. The molecule has 0 spiro atoms. The lowest BCUT2D eigenvalue weighted by atomic mass is 9.92. The van der Waals surface area contributed by atoms with Crippen LogP contribution in [0.15, 0.2) is 18.2 Å². The Kier molecular flexibility index (Phi) is 6.72. The van der Waals surface area contributed by atoms with E-state index in [0.717, 1.165) is 32.1 Å². The molecule has 1 aliphatic carbocycles. The molecule has 1 atom stereocenters. The summed E-state index contributed by atoms with van der Waals surface area (Å²) in [5, 5.41) is -0.139. The Bertz CT molecular complexity index is 759. The van der Waals surface area contributed by atoms with Gasteiger partial charge in [0.15, 0.2) is 0 Å². The van der Waals surface area contributed by atoms with Crippen LogP contribution in [0, 0.1) is 5.82 Å². The maximum Gasteiger partial charge on any atom is 0.410 e. The number of ether oxygens (including phenoxy) is 1. The molecule has 2 aliphatic rings. The molecule has 1 aromatic rings. The number of rotatable bonds is 3. The zero-order valence-electron chi connectivity index (χ0n) is 17.4. The van der Waals surface area contributed by atoms with Gasteiger partial charge in [-0.15, -0.1) is 0 Å². The van der Waals surface area contributed by atoms with Gasteiger partial charge in [0, 0.05) is 19.1 Å². The van der Waals surface area contributed by atoms with E-state index in [9.17, 15) is 14.0 Å². The molecule has 2 amide bonds. The summed E-state index contributed by atoms with van der Waals surface area (Å²) in [6.45, 7) is 6.46. The van der Waals surface area contributed by atoms with Crippen LogP contribution in [-0.4, -0.2) is 52.6 Å². The van der Waals surface area contributed by atoms with Gasteiger partial charge in [0.2, 0.25) is 0 Å². The van der Waals surface area contributed by atoms with Crippen LogP contribution in [0.4, 0.5) is 9.18 Å². The van der Waals surface area contributed by atoms with E-state index in [0.29, 0.717) is 19.5 Å². The van der Waals surface area contributed by atoms with Crippen LogP contribution in [0.25, 0.3) is 0 Å². The topological polar surface area (TPSA) is 49.9 Å². The summed E-state index contributed by atoms with van der Waals surface area (Å²) in [4.78, 5) is 29.4. The molecule has 7 heteroatoms. The van der Waals surface area contributed by atoms with E-state index < -0.39 is 11.4 Å². The zero-order valence-corrected chi connectivity index (χ0v) is 18.2. The first-order valence-corrected chi connectivity index (χ1v) is 10.8. The van der Waals surface area contributed by atoms with Crippen LogP contribution < -0.4 is 0 Å². The van der Waals surface area contributed by atoms with Crippen molar-refractivity contribution < 1.29 is 18.7 Å². The highest BCUT2D eigenvalue weighted by molar-refractivity contribution is 6.34. The number of amides is 2. The fourth-order valence-corrected chi connectivity index (χ4v) is 4.47. The highest BCUT2D eigenvalue weighted by atomic mass is 35.5. The molecule has 1 saturated heterocycles. The van der Waals surface area contributed by atoms with Crippen molar-refractivity contribution in [3.63, 3.8) is 0 Å². The number of hydrogen-bond acceptors (Lipinski definition) is 3. The average molecular weight is 425 g/mol. The lowest BCUT2D eigenvalue weighted by molar-refractivity contribution is 0.0257. The minimum absolute atomic E-state index is 0.0826. The van der Waals surface area contributed by atoms with Gasteiger partial charge >= 0.3 is 6.09 Å². The molecule has 0 aromatic heterocycles. The lowest BCUT2D eigenvalue weighted by Crippen LogP contribution is -2.49. The Hall–Kier alpha value is -1.82. The molecule has 0 N–H and O–H groups in total. The number of carbonyl (C=O) groups excluding carboxylic acids is 2. The summed E-state index contributed by atoms with van der Waals surface area (Å²) in [6.07, 6.45) is 5.44. The van der Waals surface area contributed by atoms with Crippen molar-refractivity contribution >= 4 is 23.6 Å². The van der Waals surface area contributed by atoms with E-state index in [1.54, 1.807) is 11.0 Å². The first-order valence-electron chi connectivity index (χ1n) is 10.4. The van der Waals surface area contributed by atoms with Crippen molar-refractivity contribution in [1.29, 1.82) is 0 Å². The molecule has 0 radical (unpaired) electrons. The van der Waals surface area contributed by atoms with Crippen LogP contribution in [-0.2, 0) is 4.74 Å². The van der Waals surface area contributed by atoms with Crippen LogP contribution >= 0.6 is 11.6 Å². The number of halogens is 2. The first kappa shape index (κ1) is 21.9. The third-order valence-corrected chi connectivity index (χ3v) is 5.98. The van der Waals surface area contributed by atoms with Crippen LogP contribution in [0.2, 0.25) is 5.02 Å². The normalized spacial score (nSPS) is 20.6. The largest absolute Gasteiger partial charge is 0.444 e. The van der Waals surface area contributed by atoms with Gasteiger partial charge in [0.25, 0.3) is 5.91 Å². The highest BCUT2D eigenvalue weighted by Gasteiger charge is 2.39. The van der Waals surface area contributed by atoms with Crippen LogP contribution in [0.3, 0.4) is 0 Å². The van der Waals surface area contributed by atoms with Gasteiger partial charge in [-0.3, -0.25) is 4.79 Å². The monoisotopic (exact) mass is 424 g/mol. The second-order valence-corrected chi connectivity index (χ2v) is 9.35. The van der Waals surface area contributed by atoms with E-state index in [-0.39, 0.29) is 34.7 Å². The molecule has 0 bridgehead atoms. The molecule has 5 nitrogen and oxygen atoms in total. The molecule has 29 heavy (non-hydrogen) atoms. The van der Waals surface area contributed by atoms with E-state index in [1.807, 2.05) is 25.7 Å². The lowest BCUT2D eigenvalue weighted by Gasteiger charge is -2.39. The number of hydrogen-bond donors (Lipinski definition) is 0. The van der Waals surface area contributed by atoms with Gasteiger partial charge in [0.05, 0.1) is 16.6 Å². The fraction of sp³-hybridized carbons (Fsp3) is 0.636. The Morgan fingerprint density at radius 1 is 1.14 bits per heavy atom. The first-order chi connectivity index (χ1) is 13.7. The van der Waals surface area contributed by atoms with Gasteiger partial charge in [-0.2, -0.15) is 0 Å². The fourth-order valence-electron chi connectivity index (χ4n) is 4.26. The van der Waals surface area contributed by atoms with Crippen molar-refractivity contribution in [3.8, 4) is 0 Å². The average Bonchev–Trinajstić information content (AvgIpc) is 3.13. The number of nitrogens with zero attached hydrogens (tertiary/aromatic N) is 2. The van der Waals surface area contributed by atoms with Crippen LogP contribution in [0.5, 0.6) is 0 Å². The number of carbonyl (C=O) groups is 2. The molecule has 1 unspecified atom stereocenters. The van der Waals surface area contributed by atoms with Gasteiger partial charge in [0.1, 0.15) is 11.4 Å². The Morgan fingerprint density at radius 3 is 2.48 bits per heavy atom. The van der Waals surface area contributed by atoms with Crippen molar-refractivity contribution in [2.45, 2.75) is 77.0 Å². The Labute approximate surface area is 177 Å². The molecular formula is C22H30ClFN2O3. The van der Waals surface area contributed by atoms with Crippen molar-refractivity contribution in [3.05, 3.63) is 34.6 Å². The summed E-state index contributed by atoms with van der Waals surface area (Å²) >= 11 is 6.12. The number of likely N-dealkylation sites (tertiary alicyclic amines) is 1. The quantitative estimate of drug-likeness (QED) is 0.664. The third-order valence-electron chi connectivity index (χ3n) is 5.59. The molecule has 1 heterocycles. The summed E-state index contributed by atoms with van der Waals surface area (Å²) in [5.41, 5.74) is -0.378. The van der Waals surface area contributed by atoms with E-state index in [4.69, 9.17) is 16.3 Å². The molecule has 1 aliphatic heterocycles. The predicted octanol–water partition coefficient (Wildman–Crippen LogP) is 5.26. The molecule has 2 fully saturated rings. The SMILES string of the molecule is CC(C)(C)OC(=O)N1CCC(N(C(=O)c2cccc(F)c2Cl)C2CCCCC2)C1. The van der Waals surface area contributed by atoms with E-state index >= 15 is 0 Å². The van der Waals surface area contributed by atoms with Gasteiger partial charge in [-0.05, 0) is 52.2 Å². The van der Waals surface area contributed by atoms with E-state index in [1.165, 1.54) is 12.1 Å². The summed E-state index contributed by atoms with van der Waals surface area (Å²) in [7, 11) is 0. The molecule has 1 saturated carbocycles. The smallest absolute Gasteiger partial charge is 0.410 e. The van der Waals surface area contributed by atoms with Crippen molar-refractivity contribution in [1.82, 2.24) is 9.80 Å². The van der Waals surface area contributed by atoms with Crippen LogP contribution in [0.1, 0.15) is 69.7 Å². The maximum absolute atomic E-state index is 14.0. The Morgan fingerprint density at radius 2 is 1.83 bits per heavy atom. The molecule has 160 valence electrons. The second-order valence-electron chi connectivity index (χ2n) is 8.97. The minimum Gasteiger partial charge on any atom is -0.444 e. The van der Waals surface area contributed by atoms with Crippen molar-refractivity contribution in [2.24, 2.45) is 0 Å². The second kappa shape index (κ2) is 8.90. The summed E-state index contributed by atoms with van der Waals surface area (Å²) in [5.74, 6) is -0.847. The van der Waals surface area contributed by atoms with Crippen molar-refractivity contribution in [2.75, 3.05) is 13.1 Å².